The molecule has 0 bridgehead atoms. The predicted molar refractivity (Wildman–Crippen MR) is 111 cm³/mol. The fourth-order valence-electron chi connectivity index (χ4n) is 3.25. The minimum Gasteiger partial charge on any atom is -0.386 e. The van der Waals surface area contributed by atoms with Gasteiger partial charge in [0.1, 0.15) is 11.6 Å². The van der Waals surface area contributed by atoms with Gasteiger partial charge in [0.25, 0.3) is 5.91 Å². The van der Waals surface area contributed by atoms with Crippen LogP contribution in [0, 0.1) is 11.3 Å². The van der Waals surface area contributed by atoms with Crippen molar-refractivity contribution in [2.24, 2.45) is 0 Å². The summed E-state index contributed by atoms with van der Waals surface area (Å²) in [6, 6.07) is 5.77. The van der Waals surface area contributed by atoms with Gasteiger partial charge in [0.15, 0.2) is 5.65 Å². The van der Waals surface area contributed by atoms with Crippen molar-refractivity contribution < 1.29 is 9.90 Å². The number of carbonyl (C=O) groups is 1. The van der Waals surface area contributed by atoms with Crippen LogP contribution in [0.3, 0.4) is 0 Å². The van der Waals surface area contributed by atoms with E-state index in [0.717, 1.165) is 10.9 Å². The highest BCUT2D eigenvalue weighted by molar-refractivity contribution is 6.09. The molecule has 4 aromatic rings. The molecule has 0 radical (unpaired) electrons. The van der Waals surface area contributed by atoms with Gasteiger partial charge in [-0.05, 0) is 39.8 Å². The normalized spacial score (nSPS) is 11.9. The number of benzene rings is 1. The lowest BCUT2D eigenvalue weighted by Crippen LogP contribution is -2.21. The van der Waals surface area contributed by atoms with Crippen LogP contribution >= 0.6 is 0 Å². The van der Waals surface area contributed by atoms with E-state index >= 15 is 0 Å². The van der Waals surface area contributed by atoms with Crippen LogP contribution in [0.25, 0.3) is 16.6 Å². The topological polar surface area (TPSA) is 121 Å². The van der Waals surface area contributed by atoms with Gasteiger partial charge in [-0.25, -0.2) is 9.50 Å². The molecule has 0 spiro atoms. The van der Waals surface area contributed by atoms with Crippen LogP contribution in [0.4, 0.5) is 5.69 Å². The monoisotopic (exact) mass is 403 g/mol. The Labute approximate surface area is 172 Å². The first-order valence-corrected chi connectivity index (χ1v) is 9.48. The van der Waals surface area contributed by atoms with E-state index in [1.54, 1.807) is 26.0 Å². The molecule has 2 N–H and O–H groups in total. The number of aromatic nitrogens is 5. The molecule has 0 fully saturated rings. The molecule has 0 aliphatic rings. The molecular formula is C21H21N7O2. The Morgan fingerprint density at radius 1 is 1.27 bits per heavy atom. The number of hydrogen-bond donors (Lipinski definition) is 2. The van der Waals surface area contributed by atoms with Gasteiger partial charge in [-0.3, -0.25) is 9.48 Å². The van der Waals surface area contributed by atoms with E-state index in [9.17, 15) is 9.90 Å². The number of nitrogens with zero attached hydrogens (tertiary/aromatic N) is 6. The van der Waals surface area contributed by atoms with E-state index in [1.807, 2.05) is 30.8 Å². The number of nitriles is 1. The summed E-state index contributed by atoms with van der Waals surface area (Å²) in [4.78, 5) is 17.2. The molecule has 3 heterocycles. The Morgan fingerprint density at radius 2 is 2.03 bits per heavy atom. The number of aliphatic hydroxyl groups is 1. The van der Waals surface area contributed by atoms with Crippen LogP contribution < -0.4 is 5.32 Å². The van der Waals surface area contributed by atoms with E-state index in [1.165, 1.54) is 23.1 Å². The Bertz CT molecular complexity index is 1320. The summed E-state index contributed by atoms with van der Waals surface area (Å²) in [7, 11) is 0. The maximum Gasteiger partial charge on any atom is 0.261 e. The van der Waals surface area contributed by atoms with Crippen molar-refractivity contribution in [2.45, 2.75) is 39.3 Å². The summed E-state index contributed by atoms with van der Waals surface area (Å²) in [5, 5.41) is 32.1. The van der Waals surface area contributed by atoms with Gasteiger partial charge in [0.2, 0.25) is 0 Å². The maximum absolute atomic E-state index is 13.0. The molecule has 1 amide bonds. The molecule has 9 nitrogen and oxygen atoms in total. The van der Waals surface area contributed by atoms with Gasteiger partial charge in [-0.1, -0.05) is 0 Å². The largest absolute Gasteiger partial charge is 0.386 e. The molecule has 0 unspecified atom stereocenters. The molecule has 0 atom stereocenters. The number of amides is 1. The Kier molecular flexibility index (Phi) is 4.51. The predicted octanol–water partition coefficient (Wildman–Crippen LogP) is 3.01. The smallest absolute Gasteiger partial charge is 0.261 e. The molecule has 1 aromatic carbocycles. The molecular weight excluding hydrogens is 382 g/mol. The van der Waals surface area contributed by atoms with Gasteiger partial charge in [-0.15, -0.1) is 0 Å². The molecule has 9 heteroatoms. The number of anilines is 1. The molecule has 152 valence electrons. The molecule has 0 aliphatic heterocycles. The van der Waals surface area contributed by atoms with Crippen LogP contribution in [-0.2, 0) is 5.60 Å². The third kappa shape index (κ3) is 3.38. The van der Waals surface area contributed by atoms with Gasteiger partial charge in [0, 0.05) is 35.1 Å². The van der Waals surface area contributed by atoms with Crippen molar-refractivity contribution in [3.63, 3.8) is 0 Å². The highest BCUT2D eigenvalue weighted by Crippen LogP contribution is 2.32. The van der Waals surface area contributed by atoms with E-state index < -0.39 is 11.5 Å². The number of rotatable bonds is 4. The van der Waals surface area contributed by atoms with Crippen molar-refractivity contribution in [1.82, 2.24) is 24.4 Å². The van der Waals surface area contributed by atoms with E-state index in [2.05, 4.69) is 20.5 Å². The molecule has 0 aliphatic carbocycles. The molecule has 30 heavy (non-hydrogen) atoms. The Balaban J connectivity index is 1.77. The van der Waals surface area contributed by atoms with Crippen molar-refractivity contribution in [1.29, 1.82) is 5.26 Å². The zero-order valence-corrected chi connectivity index (χ0v) is 17.1. The number of hydrogen-bond acceptors (Lipinski definition) is 6. The van der Waals surface area contributed by atoms with Crippen LogP contribution in [0.15, 0.2) is 36.9 Å². The summed E-state index contributed by atoms with van der Waals surface area (Å²) in [6.07, 6.45) is 6.21. The summed E-state index contributed by atoms with van der Waals surface area (Å²) in [5.41, 5.74) is 1.52. The van der Waals surface area contributed by atoms with Crippen molar-refractivity contribution in [3.05, 3.63) is 53.6 Å². The number of carbonyl (C=O) groups excluding carboxylic acids is 1. The van der Waals surface area contributed by atoms with E-state index in [0.29, 0.717) is 22.5 Å². The minimum absolute atomic E-state index is 0.184. The van der Waals surface area contributed by atoms with Gasteiger partial charge in [0.05, 0.1) is 29.1 Å². The Hall–Kier alpha value is -3.77. The quantitative estimate of drug-likeness (QED) is 0.540. The van der Waals surface area contributed by atoms with Crippen LogP contribution in [0.5, 0.6) is 0 Å². The van der Waals surface area contributed by atoms with E-state index in [-0.39, 0.29) is 11.6 Å². The summed E-state index contributed by atoms with van der Waals surface area (Å²) < 4.78 is 3.23. The van der Waals surface area contributed by atoms with Crippen LogP contribution in [0.2, 0.25) is 0 Å². The molecule has 0 saturated carbocycles. The SMILES string of the molecule is CC(C)n1cc2cc(NC(=O)c3cnn4cc(C#N)cnc34)c(C(C)(C)O)cc2n1. The average molecular weight is 403 g/mol. The fourth-order valence-corrected chi connectivity index (χ4v) is 3.25. The summed E-state index contributed by atoms with van der Waals surface area (Å²) in [6.45, 7) is 7.37. The highest BCUT2D eigenvalue weighted by atomic mass is 16.3. The van der Waals surface area contributed by atoms with Gasteiger partial charge < -0.3 is 10.4 Å². The van der Waals surface area contributed by atoms with Crippen molar-refractivity contribution >= 4 is 28.1 Å². The molecule has 4 rings (SSSR count). The molecule has 0 saturated heterocycles. The summed E-state index contributed by atoms with van der Waals surface area (Å²) in [5.74, 6) is -0.414. The molecule has 3 aromatic heterocycles. The van der Waals surface area contributed by atoms with Crippen molar-refractivity contribution in [2.75, 3.05) is 5.32 Å². The second-order valence-corrected chi connectivity index (χ2v) is 7.95. The third-order valence-electron chi connectivity index (χ3n) is 4.83. The zero-order chi connectivity index (χ0) is 21.6. The zero-order valence-electron chi connectivity index (χ0n) is 17.1. The minimum atomic E-state index is -1.19. The van der Waals surface area contributed by atoms with Crippen LogP contribution in [0.1, 0.15) is 55.2 Å². The highest BCUT2D eigenvalue weighted by Gasteiger charge is 2.24. The lowest BCUT2D eigenvalue weighted by atomic mass is 9.95. The van der Waals surface area contributed by atoms with E-state index in [4.69, 9.17) is 5.26 Å². The number of fused-ring (bicyclic) bond motifs is 2. The third-order valence-corrected chi connectivity index (χ3v) is 4.83. The second kappa shape index (κ2) is 6.93. The first kappa shape index (κ1) is 19.5. The number of nitrogens with one attached hydrogen (secondary N) is 1. The van der Waals surface area contributed by atoms with Crippen LogP contribution in [-0.4, -0.2) is 35.4 Å². The maximum atomic E-state index is 13.0. The fraction of sp³-hybridized carbons (Fsp3) is 0.286. The van der Waals surface area contributed by atoms with Gasteiger partial charge >= 0.3 is 0 Å². The van der Waals surface area contributed by atoms with Crippen molar-refractivity contribution in [3.8, 4) is 6.07 Å². The second-order valence-electron chi connectivity index (χ2n) is 7.95. The standard InChI is InChI=1S/C21H21N7O2/c1-12(2)27-11-14-5-18(16(21(3,4)30)6-17(14)26-27)25-20(29)15-9-24-28-10-13(7-22)8-23-19(15)28/h5-6,8-12,30H,1-4H3,(H,25,29). The lowest BCUT2D eigenvalue weighted by molar-refractivity contribution is 0.0794. The first-order chi connectivity index (χ1) is 14.2. The lowest BCUT2D eigenvalue weighted by Gasteiger charge is -2.22. The first-order valence-electron chi connectivity index (χ1n) is 9.48. The average Bonchev–Trinajstić information content (AvgIpc) is 3.29. The van der Waals surface area contributed by atoms with Gasteiger partial charge in [-0.2, -0.15) is 15.5 Å². The Morgan fingerprint density at radius 3 is 2.70 bits per heavy atom. The summed E-state index contributed by atoms with van der Waals surface area (Å²) >= 11 is 0.